The van der Waals surface area contributed by atoms with E-state index in [0.29, 0.717) is 11.8 Å². The van der Waals surface area contributed by atoms with Crippen molar-refractivity contribution in [1.82, 2.24) is 0 Å². The highest BCUT2D eigenvalue weighted by Crippen LogP contribution is 2.06. The Morgan fingerprint density at radius 1 is 1.27 bits per heavy atom. The highest BCUT2D eigenvalue weighted by Gasteiger charge is 2.01. The van der Waals surface area contributed by atoms with Crippen molar-refractivity contribution in [2.45, 2.75) is 0 Å². The van der Waals surface area contributed by atoms with Gasteiger partial charge in [0.1, 0.15) is 0 Å². The van der Waals surface area contributed by atoms with E-state index in [4.69, 9.17) is 0 Å². The van der Waals surface area contributed by atoms with Crippen molar-refractivity contribution in [3.05, 3.63) is 33.4 Å². The second kappa shape index (κ2) is 3.61. The van der Waals surface area contributed by atoms with Crippen LogP contribution in [-0.4, -0.2) is 12.1 Å². The lowest BCUT2D eigenvalue weighted by Crippen LogP contribution is -1.98. The van der Waals surface area contributed by atoms with Crippen molar-refractivity contribution in [3.63, 3.8) is 0 Å². The SMILES string of the molecule is O=CC(=O)c1ccc(I)cc1. The van der Waals surface area contributed by atoms with Gasteiger partial charge in [-0.05, 0) is 46.9 Å². The molecule has 0 spiro atoms. The van der Waals surface area contributed by atoms with E-state index in [0.717, 1.165) is 3.57 Å². The molecular weight excluding hydrogens is 255 g/mol. The molecule has 2 nitrogen and oxygen atoms in total. The monoisotopic (exact) mass is 260 g/mol. The molecule has 1 aromatic rings. The molecule has 0 fully saturated rings. The largest absolute Gasteiger partial charge is 0.294 e. The van der Waals surface area contributed by atoms with E-state index in [2.05, 4.69) is 22.6 Å². The Bertz CT molecular complexity index is 277. The minimum atomic E-state index is -0.471. The number of halogens is 1. The van der Waals surface area contributed by atoms with E-state index in [1.54, 1.807) is 24.3 Å². The lowest BCUT2D eigenvalue weighted by Gasteiger charge is -1.92. The molecule has 0 aliphatic heterocycles. The fourth-order valence-electron chi connectivity index (χ4n) is 0.682. The molecule has 0 aliphatic carbocycles. The molecule has 0 radical (unpaired) electrons. The zero-order valence-electron chi connectivity index (χ0n) is 5.58. The number of ketones is 1. The van der Waals surface area contributed by atoms with E-state index in [1.807, 2.05) is 0 Å². The van der Waals surface area contributed by atoms with Gasteiger partial charge >= 0.3 is 0 Å². The normalized spacial score (nSPS) is 9.18. The Morgan fingerprint density at radius 2 is 1.82 bits per heavy atom. The van der Waals surface area contributed by atoms with Gasteiger partial charge in [-0.3, -0.25) is 9.59 Å². The molecule has 1 rings (SSSR count). The second-order valence-corrected chi connectivity index (χ2v) is 3.23. The lowest BCUT2D eigenvalue weighted by molar-refractivity contribution is -0.104. The highest BCUT2D eigenvalue weighted by molar-refractivity contribution is 14.1. The van der Waals surface area contributed by atoms with Gasteiger partial charge < -0.3 is 0 Å². The van der Waals surface area contributed by atoms with Crippen LogP contribution < -0.4 is 0 Å². The molecule has 0 bridgehead atoms. The molecule has 3 heteroatoms. The topological polar surface area (TPSA) is 34.1 Å². The van der Waals surface area contributed by atoms with E-state index < -0.39 is 5.78 Å². The van der Waals surface area contributed by atoms with Gasteiger partial charge in [0, 0.05) is 9.13 Å². The Morgan fingerprint density at radius 3 is 2.27 bits per heavy atom. The van der Waals surface area contributed by atoms with Gasteiger partial charge in [0.2, 0.25) is 5.78 Å². The third-order valence-electron chi connectivity index (χ3n) is 1.24. The predicted octanol–water partition coefficient (Wildman–Crippen LogP) is 1.67. The summed E-state index contributed by atoms with van der Waals surface area (Å²) in [6.07, 6.45) is 0.322. The summed E-state index contributed by atoms with van der Waals surface area (Å²) in [7, 11) is 0. The molecule has 1 aromatic carbocycles. The highest BCUT2D eigenvalue weighted by atomic mass is 127. The molecule has 0 aromatic heterocycles. The first kappa shape index (κ1) is 8.39. The van der Waals surface area contributed by atoms with Gasteiger partial charge in [-0.2, -0.15) is 0 Å². The number of hydrogen-bond acceptors (Lipinski definition) is 2. The molecule has 0 saturated carbocycles. The smallest absolute Gasteiger partial charge is 0.225 e. The van der Waals surface area contributed by atoms with Crippen LogP contribution in [0, 0.1) is 3.57 Å². The third kappa shape index (κ3) is 2.11. The second-order valence-electron chi connectivity index (χ2n) is 1.99. The van der Waals surface area contributed by atoms with Gasteiger partial charge in [0.05, 0.1) is 0 Å². The van der Waals surface area contributed by atoms with Crippen LogP contribution >= 0.6 is 22.6 Å². The van der Waals surface area contributed by atoms with E-state index >= 15 is 0 Å². The van der Waals surface area contributed by atoms with Crippen LogP contribution in [0.5, 0.6) is 0 Å². The van der Waals surface area contributed by atoms with Crippen molar-refractivity contribution in [2.24, 2.45) is 0 Å². The molecule has 0 heterocycles. The molecular formula is C8H5IO2. The molecule has 0 N–H and O–H groups in total. The minimum absolute atomic E-state index is 0.322. The van der Waals surface area contributed by atoms with Gasteiger partial charge in [0.25, 0.3) is 0 Å². The van der Waals surface area contributed by atoms with Gasteiger partial charge in [-0.25, -0.2) is 0 Å². The molecule has 0 aliphatic rings. The summed E-state index contributed by atoms with van der Waals surface area (Å²) in [5.74, 6) is -0.471. The number of carbonyl (C=O) groups is 2. The van der Waals surface area contributed by atoms with Gasteiger partial charge in [0.15, 0.2) is 6.29 Å². The average molecular weight is 260 g/mol. The zero-order valence-corrected chi connectivity index (χ0v) is 7.74. The average Bonchev–Trinajstić information content (AvgIpc) is 2.05. The van der Waals surface area contributed by atoms with Crippen LogP contribution in [0.25, 0.3) is 0 Å². The minimum Gasteiger partial charge on any atom is -0.294 e. The van der Waals surface area contributed by atoms with Crippen molar-refractivity contribution < 1.29 is 9.59 Å². The summed E-state index contributed by atoms with van der Waals surface area (Å²) in [4.78, 5) is 20.8. The number of hydrogen-bond donors (Lipinski definition) is 0. The van der Waals surface area contributed by atoms with Crippen LogP contribution in [0.3, 0.4) is 0 Å². The Balaban J connectivity index is 2.98. The summed E-state index contributed by atoms with van der Waals surface area (Å²) in [5.41, 5.74) is 0.445. The van der Waals surface area contributed by atoms with Crippen LogP contribution in [0.15, 0.2) is 24.3 Å². The first-order valence-corrected chi connectivity index (χ1v) is 4.07. The van der Waals surface area contributed by atoms with Crippen molar-refractivity contribution >= 4 is 34.7 Å². The van der Waals surface area contributed by atoms with Gasteiger partial charge in [-0.1, -0.05) is 0 Å². The summed E-state index contributed by atoms with van der Waals surface area (Å²) in [6, 6.07) is 6.85. The van der Waals surface area contributed by atoms with E-state index in [-0.39, 0.29) is 0 Å². The standard InChI is InChI=1S/C8H5IO2/c9-7-3-1-6(2-4-7)8(11)5-10/h1-5H. The van der Waals surface area contributed by atoms with Crippen molar-refractivity contribution in [2.75, 3.05) is 0 Å². The molecule has 0 amide bonds. The quantitative estimate of drug-likeness (QED) is 0.351. The van der Waals surface area contributed by atoms with Crippen LogP contribution in [0.4, 0.5) is 0 Å². The summed E-state index contributed by atoms with van der Waals surface area (Å²) >= 11 is 2.13. The lowest BCUT2D eigenvalue weighted by atomic mass is 10.1. The molecule has 56 valence electrons. The van der Waals surface area contributed by atoms with Crippen LogP contribution in [-0.2, 0) is 4.79 Å². The van der Waals surface area contributed by atoms with Crippen molar-refractivity contribution in [1.29, 1.82) is 0 Å². The predicted molar refractivity (Wildman–Crippen MR) is 49.6 cm³/mol. The summed E-state index contributed by atoms with van der Waals surface area (Å²) in [5, 5.41) is 0. The fraction of sp³-hybridized carbons (Fsp3) is 0. The molecule has 0 atom stereocenters. The zero-order chi connectivity index (χ0) is 8.27. The summed E-state index contributed by atoms with van der Waals surface area (Å²) in [6.45, 7) is 0. The van der Waals surface area contributed by atoms with Crippen LogP contribution in [0.1, 0.15) is 10.4 Å². The molecule has 0 unspecified atom stereocenters. The first-order chi connectivity index (χ1) is 5.24. The molecule has 0 saturated heterocycles. The number of aldehydes is 1. The Labute approximate surface area is 77.7 Å². The fourth-order valence-corrected chi connectivity index (χ4v) is 1.04. The molecule has 11 heavy (non-hydrogen) atoms. The number of carbonyl (C=O) groups excluding carboxylic acids is 2. The number of rotatable bonds is 2. The third-order valence-corrected chi connectivity index (χ3v) is 1.95. The number of benzene rings is 1. The Kier molecular flexibility index (Phi) is 2.76. The van der Waals surface area contributed by atoms with E-state index in [9.17, 15) is 9.59 Å². The maximum Gasteiger partial charge on any atom is 0.225 e. The maximum absolute atomic E-state index is 10.8. The summed E-state index contributed by atoms with van der Waals surface area (Å²) < 4.78 is 1.05. The number of Topliss-reactive ketones (excluding diaryl/α,β-unsaturated/α-hetero) is 1. The van der Waals surface area contributed by atoms with Crippen LogP contribution in [0.2, 0.25) is 0 Å². The maximum atomic E-state index is 10.8. The van der Waals surface area contributed by atoms with Gasteiger partial charge in [-0.15, -0.1) is 0 Å². The van der Waals surface area contributed by atoms with Crippen molar-refractivity contribution in [3.8, 4) is 0 Å². The van der Waals surface area contributed by atoms with E-state index in [1.165, 1.54) is 0 Å². The first-order valence-electron chi connectivity index (χ1n) is 2.99. The Hall–Kier alpha value is -0.710.